The van der Waals surface area contributed by atoms with E-state index < -0.39 is 5.41 Å². The van der Waals surface area contributed by atoms with Crippen molar-refractivity contribution in [1.82, 2.24) is 14.9 Å². The molecule has 1 saturated heterocycles. The standard InChI is InChI=1S/C30H33N3O3/c1-28(2)29(3)11-12-30(28,26-25(29)31-21-16-23-24(36-18-35-23)17-22(21)32-26)27(34)33-13-9-20(10-14-33)15-19-7-5-4-6-8-19/h4-8,16-17,20H,9-15,18H2,1-3H3. The molecule has 2 unspecified atom stereocenters. The van der Waals surface area contributed by atoms with Crippen LogP contribution in [-0.2, 0) is 22.0 Å². The molecule has 2 bridgehead atoms. The second-order valence-corrected chi connectivity index (χ2v) is 11.9. The van der Waals surface area contributed by atoms with Crippen LogP contribution in [0.4, 0.5) is 0 Å². The summed E-state index contributed by atoms with van der Waals surface area (Å²) in [6.45, 7) is 8.67. The number of likely N-dealkylation sites (tertiary alicyclic amines) is 1. The first kappa shape index (κ1) is 22.1. The maximum absolute atomic E-state index is 14.5. The van der Waals surface area contributed by atoms with Crippen molar-refractivity contribution in [2.24, 2.45) is 11.3 Å². The number of carbonyl (C=O) groups excluding carboxylic acids is 1. The molecule has 36 heavy (non-hydrogen) atoms. The Morgan fingerprint density at radius 3 is 2.25 bits per heavy atom. The van der Waals surface area contributed by atoms with Crippen LogP contribution < -0.4 is 9.47 Å². The topological polar surface area (TPSA) is 64.6 Å². The zero-order valence-electron chi connectivity index (χ0n) is 21.3. The van der Waals surface area contributed by atoms with Crippen LogP contribution in [0.25, 0.3) is 11.0 Å². The highest BCUT2D eigenvalue weighted by molar-refractivity contribution is 5.93. The lowest BCUT2D eigenvalue weighted by molar-refractivity contribution is -0.143. The minimum absolute atomic E-state index is 0.193. The number of fused-ring (bicyclic) bond motifs is 7. The van der Waals surface area contributed by atoms with Gasteiger partial charge in [0, 0.05) is 30.6 Å². The van der Waals surface area contributed by atoms with Crippen molar-refractivity contribution in [2.75, 3.05) is 19.9 Å². The van der Waals surface area contributed by atoms with Gasteiger partial charge in [-0.2, -0.15) is 0 Å². The Hall–Kier alpha value is -3.15. The maximum atomic E-state index is 14.5. The van der Waals surface area contributed by atoms with Crippen molar-refractivity contribution in [2.45, 2.75) is 63.7 Å². The predicted octanol–water partition coefficient (Wildman–Crippen LogP) is 5.17. The van der Waals surface area contributed by atoms with E-state index in [1.165, 1.54) is 5.56 Å². The minimum Gasteiger partial charge on any atom is -0.454 e. The SMILES string of the molecule is CC12CCC(C(=O)N3CCC(Cc4ccccc4)CC3)(c3nc4cc5c(cc4nc31)OCO5)C2(C)C. The highest BCUT2D eigenvalue weighted by atomic mass is 16.7. The maximum Gasteiger partial charge on any atom is 0.235 e. The third kappa shape index (κ3) is 2.76. The number of hydrogen-bond donors (Lipinski definition) is 0. The molecule has 1 aromatic heterocycles. The van der Waals surface area contributed by atoms with Crippen LogP contribution in [0.2, 0.25) is 0 Å². The van der Waals surface area contributed by atoms with Gasteiger partial charge in [-0.05, 0) is 49.0 Å². The normalized spacial score (nSPS) is 28.0. The smallest absolute Gasteiger partial charge is 0.235 e. The first-order valence-electron chi connectivity index (χ1n) is 13.3. The summed E-state index contributed by atoms with van der Waals surface area (Å²) in [6.07, 6.45) is 4.97. The highest BCUT2D eigenvalue weighted by Gasteiger charge is 2.73. The van der Waals surface area contributed by atoms with Gasteiger partial charge in [0.2, 0.25) is 12.7 Å². The minimum atomic E-state index is -0.638. The van der Waals surface area contributed by atoms with E-state index in [9.17, 15) is 4.79 Å². The van der Waals surface area contributed by atoms with Gasteiger partial charge in [-0.1, -0.05) is 51.1 Å². The first-order chi connectivity index (χ1) is 17.3. The van der Waals surface area contributed by atoms with Crippen LogP contribution in [-0.4, -0.2) is 40.7 Å². The molecule has 7 rings (SSSR count). The summed E-state index contributed by atoms with van der Waals surface area (Å²) < 4.78 is 11.2. The quantitative estimate of drug-likeness (QED) is 0.514. The van der Waals surface area contributed by atoms with Crippen molar-refractivity contribution in [1.29, 1.82) is 0 Å². The number of aromatic nitrogens is 2. The lowest BCUT2D eigenvalue weighted by atomic mass is 9.63. The number of benzene rings is 2. The molecular formula is C30H33N3O3. The summed E-state index contributed by atoms with van der Waals surface area (Å²) in [7, 11) is 0. The number of piperidine rings is 1. The molecule has 4 aliphatic rings. The fourth-order valence-corrected chi connectivity index (χ4v) is 7.52. The summed E-state index contributed by atoms with van der Waals surface area (Å²) in [6, 6.07) is 14.6. The van der Waals surface area contributed by atoms with E-state index in [1.807, 2.05) is 12.1 Å². The van der Waals surface area contributed by atoms with Crippen molar-refractivity contribution in [3.63, 3.8) is 0 Å². The molecule has 3 heterocycles. The molecule has 2 aliphatic carbocycles. The van der Waals surface area contributed by atoms with E-state index in [0.717, 1.165) is 67.6 Å². The van der Waals surface area contributed by atoms with Crippen LogP contribution >= 0.6 is 0 Å². The average molecular weight is 484 g/mol. The summed E-state index contributed by atoms with van der Waals surface area (Å²) in [5.41, 5.74) is 3.77. The molecule has 0 spiro atoms. The number of rotatable bonds is 3. The Bertz CT molecular complexity index is 1380. The molecule has 3 aromatic rings. The third-order valence-electron chi connectivity index (χ3n) is 10.2. The van der Waals surface area contributed by atoms with Gasteiger partial charge in [0.05, 0.1) is 27.8 Å². The summed E-state index contributed by atoms with van der Waals surface area (Å²) in [4.78, 5) is 27.0. The Morgan fingerprint density at radius 1 is 0.944 bits per heavy atom. The number of amides is 1. The number of nitrogens with zero attached hydrogens (tertiary/aromatic N) is 3. The van der Waals surface area contributed by atoms with Crippen LogP contribution in [0, 0.1) is 11.3 Å². The van der Waals surface area contributed by atoms with Crippen molar-refractivity contribution in [3.05, 3.63) is 59.4 Å². The van der Waals surface area contributed by atoms with E-state index in [-0.39, 0.29) is 23.5 Å². The molecule has 1 saturated carbocycles. The Labute approximate surface area is 212 Å². The summed E-state index contributed by atoms with van der Waals surface area (Å²) in [5, 5.41) is 0. The van der Waals surface area contributed by atoms with Gasteiger partial charge in [0.1, 0.15) is 0 Å². The summed E-state index contributed by atoms with van der Waals surface area (Å²) >= 11 is 0. The summed E-state index contributed by atoms with van der Waals surface area (Å²) in [5.74, 6) is 2.29. The predicted molar refractivity (Wildman–Crippen MR) is 137 cm³/mol. The van der Waals surface area contributed by atoms with Crippen molar-refractivity contribution >= 4 is 16.9 Å². The molecule has 2 aromatic carbocycles. The molecule has 6 heteroatoms. The number of carbonyl (C=O) groups is 1. The number of hydrogen-bond acceptors (Lipinski definition) is 5. The van der Waals surface area contributed by atoms with Gasteiger partial charge in [0.25, 0.3) is 0 Å². The second kappa shape index (κ2) is 7.44. The van der Waals surface area contributed by atoms with Crippen molar-refractivity contribution in [3.8, 4) is 11.5 Å². The average Bonchev–Trinajstić information content (AvgIpc) is 3.46. The zero-order chi connectivity index (χ0) is 24.7. The lowest BCUT2D eigenvalue weighted by Gasteiger charge is -2.44. The van der Waals surface area contributed by atoms with Gasteiger partial charge in [-0.3, -0.25) is 4.79 Å². The van der Waals surface area contributed by atoms with E-state index in [1.54, 1.807) is 0 Å². The molecule has 0 N–H and O–H groups in total. The molecule has 2 atom stereocenters. The van der Waals surface area contributed by atoms with Gasteiger partial charge in [-0.15, -0.1) is 0 Å². The van der Waals surface area contributed by atoms with Gasteiger partial charge in [-0.25, -0.2) is 9.97 Å². The fourth-order valence-electron chi connectivity index (χ4n) is 7.52. The fraction of sp³-hybridized carbons (Fsp3) is 0.500. The Morgan fingerprint density at radius 2 is 1.58 bits per heavy atom. The molecule has 2 aliphatic heterocycles. The monoisotopic (exact) mass is 483 g/mol. The molecule has 0 radical (unpaired) electrons. The molecular weight excluding hydrogens is 450 g/mol. The Kier molecular flexibility index (Phi) is 4.56. The first-order valence-corrected chi connectivity index (χ1v) is 13.3. The van der Waals surface area contributed by atoms with E-state index >= 15 is 0 Å². The van der Waals surface area contributed by atoms with E-state index in [4.69, 9.17) is 19.4 Å². The van der Waals surface area contributed by atoms with Crippen LogP contribution in [0.1, 0.15) is 63.4 Å². The largest absolute Gasteiger partial charge is 0.454 e. The van der Waals surface area contributed by atoms with Crippen LogP contribution in [0.15, 0.2) is 42.5 Å². The molecule has 2 fully saturated rings. The second-order valence-electron chi connectivity index (χ2n) is 11.9. The highest BCUT2D eigenvalue weighted by Crippen LogP contribution is 2.70. The number of ether oxygens (including phenoxy) is 2. The zero-order valence-corrected chi connectivity index (χ0v) is 21.3. The van der Waals surface area contributed by atoms with Crippen LogP contribution in [0.3, 0.4) is 0 Å². The Balaban J connectivity index is 1.23. The van der Waals surface area contributed by atoms with Crippen molar-refractivity contribution < 1.29 is 14.3 Å². The van der Waals surface area contributed by atoms with Gasteiger partial charge < -0.3 is 14.4 Å². The molecule has 1 amide bonds. The van der Waals surface area contributed by atoms with Gasteiger partial charge >= 0.3 is 0 Å². The third-order valence-corrected chi connectivity index (χ3v) is 10.2. The molecule has 6 nitrogen and oxygen atoms in total. The van der Waals surface area contributed by atoms with E-state index in [2.05, 4.69) is 56.0 Å². The van der Waals surface area contributed by atoms with Gasteiger partial charge in [0.15, 0.2) is 11.5 Å². The lowest BCUT2D eigenvalue weighted by Crippen LogP contribution is -2.54. The van der Waals surface area contributed by atoms with E-state index in [0.29, 0.717) is 17.4 Å². The molecule has 186 valence electrons. The van der Waals surface area contributed by atoms with Crippen LogP contribution in [0.5, 0.6) is 11.5 Å².